The summed E-state index contributed by atoms with van der Waals surface area (Å²) in [6, 6.07) is 19.1. The molecular formula is C18H24N2O. The highest BCUT2D eigenvalue weighted by molar-refractivity contribution is 5.63. The van der Waals surface area contributed by atoms with Crippen molar-refractivity contribution in [3.63, 3.8) is 0 Å². The van der Waals surface area contributed by atoms with E-state index in [1.165, 1.54) is 16.7 Å². The van der Waals surface area contributed by atoms with Crippen molar-refractivity contribution < 1.29 is 4.74 Å². The number of ether oxygens (including phenoxy) is 1. The highest BCUT2D eigenvalue weighted by Crippen LogP contribution is 2.21. The third-order valence-corrected chi connectivity index (χ3v) is 3.71. The van der Waals surface area contributed by atoms with Crippen LogP contribution < -0.4 is 11.1 Å². The van der Waals surface area contributed by atoms with Crippen LogP contribution in [0.4, 0.5) is 0 Å². The van der Waals surface area contributed by atoms with Crippen molar-refractivity contribution in [3.05, 3.63) is 60.2 Å². The van der Waals surface area contributed by atoms with Crippen LogP contribution in [-0.4, -0.2) is 26.3 Å². The fourth-order valence-corrected chi connectivity index (χ4v) is 2.27. The lowest BCUT2D eigenvalue weighted by Gasteiger charge is -2.20. The average Bonchev–Trinajstić information content (AvgIpc) is 2.56. The Morgan fingerprint density at radius 2 is 1.62 bits per heavy atom. The Labute approximate surface area is 127 Å². The van der Waals surface area contributed by atoms with Crippen LogP contribution in [0.25, 0.3) is 11.1 Å². The predicted octanol–water partition coefficient (Wildman–Crippen LogP) is 2.98. The number of rotatable bonds is 7. The molecule has 21 heavy (non-hydrogen) atoms. The summed E-state index contributed by atoms with van der Waals surface area (Å²) in [6.45, 7) is 3.40. The number of nitrogens with one attached hydrogen (secondary N) is 1. The molecule has 2 atom stereocenters. The van der Waals surface area contributed by atoms with Gasteiger partial charge in [0.2, 0.25) is 0 Å². The van der Waals surface area contributed by atoms with Crippen LogP contribution in [0.2, 0.25) is 0 Å². The molecule has 0 heterocycles. The van der Waals surface area contributed by atoms with Crippen molar-refractivity contribution >= 4 is 0 Å². The van der Waals surface area contributed by atoms with Gasteiger partial charge in [-0.15, -0.1) is 0 Å². The molecule has 3 heteroatoms. The van der Waals surface area contributed by atoms with Crippen LogP contribution in [0.1, 0.15) is 18.5 Å². The Morgan fingerprint density at radius 1 is 1.00 bits per heavy atom. The maximum atomic E-state index is 5.88. The maximum Gasteiger partial charge on any atom is 0.0667 e. The molecule has 0 bridgehead atoms. The zero-order chi connectivity index (χ0) is 15.1. The molecule has 112 valence electrons. The molecule has 2 unspecified atom stereocenters. The number of hydrogen-bond acceptors (Lipinski definition) is 3. The summed E-state index contributed by atoms with van der Waals surface area (Å²) >= 11 is 0. The number of benzene rings is 2. The number of methoxy groups -OCH3 is 1. The second kappa shape index (κ2) is 7.93. The largest absolute Gasteiger partial charge is 0.380 e. The minimum atomic E-state index is 0.160. The molecule has 3 nitrogen and oxygen atoms in total. The molecule has 0 saturated carbocycles. The lowest BCUT2D eigenvalue weighted by molar-refractivity contribution is 0.114. The molecule has 3 N–H and O–H groups in total. The van der Waals surface area contributed by atoms with Crippen LogP contribution in [0.3, 0.4) is 0 Å². The Morgan fingerprint density at radius 3 is 2.19 bits per heavy atom. The summed E-state index contributed by atoms with van der Waals surface area (Å²) in [4.78, 5) is 0. The second-order valence-corrected chi connectivity index (χ2v) is 5.23. The van der Waals surface area contributed by atoms with Crippen molar-refractivity contribution in [3.8, 4) is 11.1 Å². The maximum absolute atomic E-state index is 5.88. The molecular weight excluding hydrogens is 260 g/mol. The summed E-state index contributed by atoms with van der Waals surface area (Å²) in [5.41, 5.74) is 9.54. The number of hydrogen-bond donors (Lipinski definition) is 2. The fourth-order valence-electron chi connectivity index (χ4n) is 2.27. The monoisotopic (exact) mass is 284 g/mol. The van der Waals surface area contributed by atoms with E-state index in [0.29, 0.717) is 6.54 Å². The zero-order valence-corrected chi connectivity index (χ0v) is 12.8. The van der Waals surface area contributed by atoms with E-state index in [-0.39, 0.29) is 12.1 Å². The highest BCUT2D eigenvalue weighted by Gasteiger charge is 2.10. The molecule has 2 rings (SSSR count). The van der Waals surface area contributed by atoms with Crippen LogP contribution in [-0.2, 0) is 4.74 Å². The molecule has 2 aromatic carbocycles. The van der Waals surface area contributed by atoms with Gasteiger partial charge in [-0.05, 0) is 23.6 Å². The van der Waals surface area contributed by atoms with Gasteiger partial charge in [-0.1, -0.05) is 54.6 Å². The van der Waals surface area contributed by atoms with Crippen molar-refractivity contribution in [1.82, 2.24) is 5.32 Å². The van der Waals surface area contributed by atoms with Gasteiger partial charge in [-0.3, -0.25) is 0 Å². The first-order valence-corrected chi connectivity index (χ1v) is 7.36. The first-order chi connectivity index (χ1) is 10.2. The molecule has 2 aromatic rings. The Bertz CT molecular complexity index is 525. The summed E-state index contributed by atoms with van der Waals surface area (Å²) in [5, 5.41) is 3.45. The fraction of sp³-hybridized carbons (Fsp3) is 0.333. The average molecular weight is 284 g/mol. The van der Waals surface area contributed by atoms with Crippen LogP contribution in [0.15, 0.2) is 54.6 Å². The van der Waals surface area contributed by atoms with E-state index in [9.17, 15) is 0 Å². The molecule has 0 aliphatic rings. The summed E-state index contributed by atoms with van der Waals surface area (Å²) in [5.74, 6) is 0. The van der Waals surface area contributed by atoms with Crippen molar-refractivity contribution in [1.29, 1.82) is 0 Å². The van der Waals surface area contributed by atoms with Crippen LogP contribution in [0.5, 0.6) is 0 Å². The van der Waals surface area contributed by atoms with Gasteiger partial charge >= 0.3 is 0 Å². The third-order valence-electron chi connectivity index (χ3n) is 3.71. The molecule has 0 amide bonds. The standard InChI is InChI=1S/C18H24N2O/c1-14(21-2)13-20-18(12-19)17-10-8-16(9-11-17)15-6-4-3-5-7-15/h3-11,14,18,20H,12-13,19H2,1-2H3. The lowest BCUT2D eigenvalue weighted by atomic mass is 10.0. The van der Waals surface area contributed by atoms with Gasteiger partial charge in [0, 0.05) is 26.2 Å². The normalized spacial score (nSPS) is 13.9. The summed E-state index contributed by atoms with van der Waals surface area (Å²) < 4.78 is 5.25. The molecule has 0 spiro atoms. The lowest BCUT2D eigenvalue weighted by Crippen LogP contribution is -2.33. The van der Waals surface area contributed by atoms with E-state index >= 15 is 0 Å². The van der Waals surface area contributed by atoms with Crippen molar-refractivity contribution in [2.24, 2.45) is 5.73 Å². The van der Waals surface area contributed by atoms with Gasteiger partial charge in [0.15, 0.2) is 0 Å². The van der Waals surface area contributed by atoms with E-state index < -0.39 is 0 Å². The van der Waals surface area contributed by atoms with E-state index in [4.69, 9.17) is 10.5 Å². The van der Waals surface area contributed by atoms with Gasteiger partial charge in [0.25, 0.3) is 0 Å². The molecule has 0 saturated heterocycles. The first-order valence-electron chi connectivity index (χ1n) is 7.36. The minimum absolute atomic E-state index is 0.160. The SMILES string of the molecule is COC(C)CNC(CN)c1ccc(-c2ccccc2)cc1. The first kappa shape index (κ1) is 15.7. The Kier molecular flexibility index (Phi) is 5.93. The smallest absolute Gasteiger partial charge is 0.0667 e. The van der Waals surface area contributed by atoms with Gasteiger partial charge in [0.05, 0.1) is 6.10 Å². The van der Waals surface area contributed by atoms with E-state index in [1.54, 1.807) is 7.11 Å². The van der Waals surface area contributed by atoms with Crippen molar-refractivity contribution in [2.75, 3.05) is 20.2 Å². The molecule has 0 aliphatic carbocycles. The Hall–Kier alpha value is -1.68. The Balaban J connectivity index is 2.06. The van der Waals surface area contributed by atoms with E-state index in [0.717, 1.165) is 6.54 Å². The third kappa shape index (κ3) is 4.39. The van der Waals surface area contributed by atoms with Crippen molar-refractivity contribution in [2.45, 2.75) is 19.1 Å². The van der Waals surface area contributed by atoms with E-state index in [2.05, 4.69) is 53.8 Å². The van der Waals surface area contributed by atoms with E-state index in [1.807, 2.05) is 13.0 Å². The minimum Gasteiger partial charge on any atom is -0.380 e. The quantitative estimate of drug-likeness (QED) is 0.821. The molecule has 0 radical (unpaired) electrons. The second-order valence-electron chi connectivity index (χ2n) is 5.23. The van der Waals surface area contributed by atoms with Gasteiger partial charge in [-0.2, -0.15) is 0 Å². The summed E-state index contributed by atoms with van der Waals surface area (Å²) in [7, 11) is 1.72. The molecule has 0 aliphatic heterocycles. The summed E-state index contributed by atoms with van der Waals surface area (Å²) in [6.07, 6.45) is 0.183. The van der Waals surface area contributed by atoms with Crippen LogP contribution >= 0.6 is 0 Å². The molecule has 0 fully saturated rings. The van der Waals surface area contributed by atoms with Gasteiger partial charge in [0.1, 0.15) is 0 Å². The van der Waals surface area contributed by atoms with Gasteiger partial charge in [-0.25, -0.2) is 0 Å². The van der Waals surface area contributed by atoms with Gasteiger partial charge < -0.3 is 15.8 Å². The molecule has 0 aromatic heterocycles. The number of nitrogens with two attached hydrogens (primary N) is 1. The highest BCUT2D eigenvalue weighted by atomic mass is 16.5. The topological polar surface area (TPSA) is 47.3 Å². The van der Waals surface area contributed by atoms with Crippen LogP contribution in [0, 0.1) is 0 Å². The predicted molar refractivity (Wildman–Crippen MR) is 88.1 cm³/mol. The zero-order valence-electron chi connectivity index (χ0n) is 12.8.